The molecule has 2 aromatic heterocycles. The average molecular weight is 395 g/mol. The smallest absolute Gasteiger partial charge is 0.252 e. The van der Waals surface area contributed by atoms with Crippen molar-refractivity contribution in [3.05, 3.63) is 60.2 Å². The number of carbonyl (C=O) groups is 1. The van der Waals surface area contributed by atoms with Gasteiger partial charge < -0.3 is 22.1 Å². The van der Waals surface area contributed by atoms with Crippen LogP contribution in [0.3, 0.4) is 0 Å². The number of benzene rings is 1. The molecule has 0 saturated carbocycles. The molecule has 0 saturated heterocycles. The Bertz CT molecular complexity index is 993. The highest BCUT2D eigenvalue weighted by atomic mass is 19.1. The van der Waals surface area contributed by atoms with Crippen LogP contribution in [-0.2, 0) is 0 Å². The summed E-state index contributed by atoms with van der Waals surface area (Å²) in [6, 6.07) is 9.88. The van der Waals surface area contributed by atoms with Crippen molar-refractivity contribution in [3.63, 3.8) is 0 Å². The lowest BCUT2D eigenvalue weighted by atomic mass is 10.1. The minimum absolute atomic E-state index is 0.00246. The van der Waals surface area contributed by atoms with E-state index in [1.54, 1.807) is 30.6 Å². The summed E-state index contributed by atoms with van der Waals surface area (Å²) in [5.74, 6) is -0.785. The molecular formula is C20H22FN7O. The van der Waals surface area contributed by atoms with Gasteiger partial charge in [0.05, 0.1) is 5.56 Å². The van der Waals surface area contributed by atoms with E-state index >= 15 is 0 Å². The molecule has 0 bridgehead atoms. The topological polar surface area (TPSA) is 132 Å². The molecule has 0 radical (unpaired) electrons. The molecule has 1 amide bonds. The summed E-state index contributed by atoms with van der Waals surface area (Å²) in [6.45, 7) is 2.24. The second-order valence-corrected chi connectivity index (χ2v) is 6.34. The second-order valence-electron chi connectivity index (χ2n) is 6.34. The number of primary amides is 1. The lowest BCUT2D eigenvalue weighted by molar-refractivity contribution is 0.100. The van der Waals surface area contributed by atoms with Crippen LogP contribution in [0.5, 0.6) is 0 Å². The van der Waals surface area contributed by atoms with Crippen molar-refractivity contribution >= 4 is 23.2 Å². The predicted octanol–water partition coefficient (Wildman–Crippen LogP) is 2.67. The van der Waals surface area contributed by atoms with Crippen LogP contribution in [0, 0.1) is 5.82 Å². The molecule has 29 heavy (non-hydrogen) atoms. The van der Waals surface area contributed by atoms with Gasteiger partial charge in [0.1, 0.15) is 5.82 Å². The molecule has 0 fully saturated rings. The summed E-state index contributed by atoms with van der Waals surface area (Å²) in [5.41, 5.74) is 12.4. The molecule has 0 spiro atoms. The van der Waals surface area contributed by atoms with E-state index in [0.717, 1.165) is 11.6 Å². The number of hydrogen-bond donors (Lipinski definition) is 4. The van der Waals surface area contributed by atoms with Gasteiger partial charge in [0, 0.05) is 36.2 Å². The van der Waals surface area contributed by atoms with Crippen molar-refractivity contribution in [1.82, 2.24) is 15.0 Å². The van der Waals surface area contributed by atoms with Crippen molar-refractivity contribution in [2.75, 3.05) is 17.2 Å². The van der Waals surface area contributed by atoms with Crippen molar-refractivity contribution in [3.8, 4) is 11.4 Å². The van der Waals surface area contributed by atoms with Crippen LogP contribution in [0.2, 0.25) is 0 Å². The van der Waals surface area contributed by atoms with Crippen LogP contribution < -0.4 is 22.1 Å². The van der Waals surface area contributed by atoms with Crippen LogP contribution in [0.15, 0.2) is 48.8 Å². The molecular weight excluding hydrogens is 373 g/mol. The largest absolute Gasteiger partial charge is 0.365 e. The molecule has 2 heterocycles. The molecule has 150 valence electrons. The third-order valence-corrected chi connectivity index (χ3v) is 4.31. The molecule has 1 atom stereocenters. The first-order valence-electron chi connectivity index (χ1n) is 9.13. The third kappa shape index (κ3) is 4.82. The quantitative estimate of drug-likeness (QED) is 0.461. The molecule has 9 heteroatoms. The summed E-state index contributed by atoms with van der Waals surface area (Å²) in [4.78, 5) is 24.5. The number of nitrogens with zero attached hydrogens (tertiary/aromatic N) is 3. The van der Waals surface area contributed by atoms with Crippen LogP contribution >= 0.6 is 0 Å². The van der Waals surface area contributed by atoms with Gasteiger partial charge in [-0.3, -0.25) is 4.79 Å². The molecule has 0 aliphatic rings. The Morgan fingerprint density at radius 3 is 2.59 bits per heavy atom. The molecule has 0 aliphatic carbocycles. The molecule has 0 aliphatic heterocycles. The summed E-state index contributed by atoms with van der Waals surface area (Å²) in [6.07, 6.45) is 3.99. The Morgan fingerprint density at radius 1 is 1.17 bits per heavy atom. The van der Waals surface area contributed by atoms with Gasteiger partial charge in [0.15, 0.2) is 17.5 Å². The highest BCUT2D eigenvalue weighted by Crippen LogP contribution is 2.26. The van der Waals surface area contributed by atoms with Gasteiger partial charge in [-0.25, -0.2) is 19.3 Å². The monoisotopic (exact) mass is 395 g/mol. The van der Waals surface area contributed by atoms with Crippen LogP contribution in [-0.4, -0.2) is 33.4 Å². The van der Waals surface area contributed by atoms with Crippen LogP contribution in [0.1, 0.15) is 23.7 Å². The van der Waals surface area contributed by atoms with E-state index in [-0.39, 0.29) is 23.2 Å². The minimum Gasteiger partial charge on any atom is -0.365 e. The van der Waals surface area contributed by atoms with E-state index in [4.69, 9.17) is 11.5 Å². The van der Waals surface area contributed by atoms with E-state index < -0.39 is 11.7 Å². The number of halogens is 1. The zero-order valence-corrected chi connectivity index (χ0v) is 15.9. The lowest BCUT2D eigenvalue weighted by Gasteiger charge is -2.18. The first-order valence-corrected chi connectivity index (χ1v) is 9.13. The molecule has 8 nitrogen and oxygen atoms in total. The van der Waals surface area contributed by atoms with Crippen LogP contribution in [0.25, 0.3) is 11.4 Å². The highest BCUT2D eigenvalue weighted by Gasteiger charge is 2.18. The van der Waals surface area contributed by atoms with E-state index in [9.17, 15) is 9.18 Å². The number of nitrogens with two attached hydrogens (primary N) is 2. The Kier molecular flexibility index (Phi) is 6.30. The maximum atomic E-state index is 14.4. The SMILES string of the molecule is CCC(CN)Nc1nc(Nc2cccc(-c3ncccn3)c2)c(C(N)=O)cc1F. The number of aromatic nitrogens is 3. The summed E-state index contributed by atoms with van der Waals surface area (Å²) in [5, 5.41) is 5.99. The fraction of sp³-hybridized carbons (Fsp3) is 0.200. The number of anilines is 3. The number of pyridine rings is 1. The van der Waals surface area contributed by atoms with E-state index in [1.807, 2.05) is 19.1 Å². The molecule has 3 aromatic rings. The van der Waals surface area contributed by atoms with Gasteiger partial charge in [0.2, 0.25) is 0 Å². The van der Waals surface area contributed by atoms with Gasteiger partial charge in [-0.1, -0.05) is 19.1 Å². The zero-order valence-electron chi connectivity index (χ0n) is 15.9. The fourth-order valence-electron chi connectivity index (χ4n) is 2.72. The standard InChI is InChI=1S/C20H22FN7O/c1-2-13(11-22)26-20-16(21)10-15(17(23)29)19(28-20)27-14-6-3-5-12(9-14)18-24-7-4-8-25-18/h3-10,13H,2,11,22H2,1H3,(H2,23,29)(H2,26,27,28). The zero-order chi connectivity index (χ0) is 20.8. The summed E-state index contributed by atoms with van der Waals surface area (Å²) >= 11 is 0. The van der Waals surface area contributed by atoms with Gasteiger partial charge in [-0.2, -0.15) is 0 Å². The van der Waals surface area contributed by atoms with E-state index in [2.05, 4.69) is 25.6 Å². The van der Waals surface area contributed by atoms with Gasteiger partial charge in [-0.05, 0) is 30.7 Å². The summed E-state index contributed by atoms with van der Waals surface area (Å²) < 4.78 is 14.4. The lowest BCUT2D eigenvalue weighted by Crippen LogP contribution is -2.29. The molecule has 6 N–H and O–H groups in total. The first-order chi connectivity index (χ1) is 14.0. The third-order valence-electron chi connectivity index (χ3n) is 4.31. The predicted molar refractivity (Wildman–Crippen MR) is 110 cm³/mol. The Labute approximate surface area is 167 Å². The maximum absolute atomic E-state index is 14.4. The Hall–Kier alpha value is -3.59. The van der Waals surface area contributed by atoms with Gasteiger partial charge >= 0.3 is 0 Å². The second kappa shape index (κ2) is 9.07. The number of carbonyl (C=O) groups excluding carboxylic acids is 1. The molecule has 1 aromatic carbocycles. The molecule has 3 rings (SSSR count). The number of hydrogen-bond acceptors (Lipinski definition) is 7. The van der Waals surface area contributed by atoms with Crippen molar-refractivity contribution in [2.45, 2.75) is 19.4 Å². The molecule has 1 unspecified atom stereocenters. The van der Waals surface area contributed by atoms with E-state index in [1.165, 1.54) is 0 Å². The van der Waals surface area contributed by atoms with Gasteiger partial charge in [-0.15, -0.1) is 0 Å². The van der Waals surface area contributed by atoms with Crippen molar-refractivity contribution in [2.24, 2.45) is 11.5 Å². The fourth-order valence-corrected chi connectivity index (χ4v) is 2.72. The number of nitrogens with one attached hydrogen (secondary N) is 2. The number of rotatable bonds is 8. The Morgan fingerprint density at radius 2 is 1.93 bits per heavy atom. The van der Waals surface area contributed by atoms with Crippen LogP contribution in [0.4, 0.5) is 21.7 Å². The normalized spacial score (nSPS) is 11.7. The van der Waals surface area contributed by atoms with E-state index in [0.29, 0.717) is 24.5 Å². The first kappa shape index (κ1) is 20.2. The highest BCUT2D eigenvalue weighted by molar-refractivity contribution is 5.98. The van der Waals surface area contributed by atoms with Crippen molar-refractivity contribution in [1.29, 1.82) is 0 Å². The maximum Gasteiger partial charge on any atom is 0.252 e. The summed E-state index contributed by atoms with van der Waals surface area (Å²) in [7, 11) is 0. The number of amides is 1. The average Bonchev–Trinajstić information content (AvgIpc) is 2.74. The van der Waals surface area contributed by atoms with Gasteiger partial charge in [0.25, 0.3) is 5.91 Å². The minimum atomic E-state index is -0.793. The van der Waals surface area contributed by atoms with Crippen molar-refractivity contribution < 1.29 is 9.18 Å². The Balaban J connectivity index is 1.96.